The highest BCUT2D eigenvalue weighted by molar-refractivity contribution is 6.21. The third kappa shape index (κ3) is 4.82. The van der Waals surface area contributed by atoms with E-state index in [1.807, 2.05) is 56.3 Å². The quantitative estimate of drug-likeness (QED) is 0.368. The topological polar surface area (TPSA) is 65.1 Å². The van der Waals surface area contributed by atoms with Crippen molar-refractivity contribution in [1.29, 1.82) is 0 Å². The normalized spacial score (nSPS) is 25.5. The number of nitrogens with zero attached hydrogens (tertiary/aromatic N) is 1. The van der Waals surface area contributed by atoms with E-state index in [0.29, 0.717) is 23.1 Å². The molecule has 3 aromatic rings. The van der Waals surface area contributed by atoms with Crippen LogP contribution in [0.15, 0.2) is 72.8 Å². The van der Waals surface area contributed by atoms with E-state index in [1.165, 1.54) is 4.90 Å². The van der Waals surface area contributed by atoms with Gasteiger partial charge in [-0.1, -0.05) is 60.7 Å². The lowest BCUT2D eigenvalue weighted by atomic mass is 9.93. The largest absolute Gasteiger partial charge is 0.342 e. The molecule has 4 atom stereocenters. The summed E-state index contributed by atoms with van der Waals surface area (Å²) in [5.41, 5.74) is 4.23. The van der Waals surface area contributed by atoms with Crippen molar-refractivity contribution >= 4 is 17.9 Å². The molecule has 0 radical (unpaired) electrons. The standard InChI is InChI=1S/C32H30FNO5/c1-19-8-12-22(18-26(19)33)21-13-9-20(10-14-21)11-15-27-25(28-31(37-27)39-32(2,3)38-28)16-17-34-29(35)23-6-4-5-7-24(23)30(34)36/h4-15,18,25,27-28,31H,16-17H2,1-3H3/b15-11+/t25-,27+,28-,31-/m1/s1. The Kier molecular flexibility index (Phi) is 6.46. The van der Waals surface area contributed by atoms with E-state index in [0.717, 1.165) is 16.7 Å². The first-order valence-electron chi connectivity index (χ1n) is 13.2. The van der Waals surface area contributed by atoms with Crippen LogP contribution >= 0.6 is 0 Å². The summed E-state index contributed by atoms with van der Waals surface area (Å²) in [4.78, 5) is 27.1. The molecule has 200 valence electrons. The van der Waals surface area contributed by atoms with E-state index in [2.05, 4.69) is 0 Å². The van der Waals surface area contributed by atoms with Crippen LogP contribution in [0.25, 0.3) is 17.2 Å². The SMILES string of the molecule is Cc1ccc(-c2ccc(/C=C/[C@@H]3O[C@@H]4OC(C)(C)O[C@@H]4[C@@H]3CCN3C(=O)c4ccccc4C3=O)cc2)cc1F. The molecular weight excluding hydrogens is 497 g/mol. The molecule has 6 nitrogen and oxygen atoms in total. The summed E-state index contributed by atoms with van der Waals surface area (Å²) in [7, 11) is 0. The van der Waals surface area contributed by atoms with Gasteiger partial charge < -0.3 is 14.2 Å². The predicted octanol–water partition coefficient (Wildman–Crippen LogP) is 5.99. The highest BCUT2D eigenvalue weighted by Crippen LogP contribution is 2.43. The van der Waals surface area contributed by atoms with Crippen LogP contribution < -0.4 is 0 Å². The van der Waals surface area contributed by atoms with Gasteiger partial charge in [-0.3, -0.25) is 14.5 Å². The van der Waals surface area contributed by atoms with Crippen LogP contribution in [0.1, 0.15) is 52.1 Å². The number of rotatable bonds is 6. The Morgan fingerprint density at radius 3 is 2.26 bits per heavy atom. The number of ether oxygens (including phenoxy) is 3. The highest BCUT2D eigenvalue weighted by Gasteiger charge is 2.54. The molecular formula is C32H30FNO5. The first kappa shape index (κ1) is 25.6. The fourth-order valence-corrected chi connectivity index (χ4v) is 5.60. The number of halogens is 1. The Balaban J connectivity index is 1.18. The molecule has 0 aromatic heterocycles. The average Bonchev–Trinajstić information content (AvgIpc) is 3.48. The molecule has 0 saturated carbocycles. The van der Waals surface area contributed by atoms with Crippen LogP contribution in [-0.4, -0.2) is 47.5 Å². The molecule has 6 rings (SSSR count). The van der Waals surface area contributed by atoms with Gasteiger partial charge in [0.25, 0.3) is 11.8 Å². The summed E-state index contributed by atoms with van der Waals surface area (Å²) >= 11 is 0. The molecule has 0 unspecified atom stereocenters. The second-order valence-electron chi connectivity index (χ2n) is 10.8. The fourth-order valence-electron chi connectivity index (χ4n) is 5.60. The number of hydrogen-bond donors (Lipinski definition) is 0. The molecule has 0 bridgehead atoms. The maximum atomic E-state index is 14.0. The minimum atomic E-state index is -0.775. The van der Waals surface area contributed by atoms with E-state index in [4.69, 9.17) is 14.2 Å². The highest BCUT2D eigenvalue weighted by atomic mass is 19.1. The Bertz CT molecular complexity index is 1430. The fraction of sp³-hybridized carbons (Fsp3) is 0.312. The molecule has 0 aliphatic carbocycles. The van der Waals surface area contributed by atoms with Crippen LogP contribution in [0.4, 0.5) is 4.39 Å². The Labute approximate surface area is 227 Å². The number of carbonyl (C=O) groups is 2. The van der Waals surface area contributed by atoms with Gasteiger partial charge in [-0.25, -0.2) is 4.39 Å². The third-order valence-electron chi connectivity index (χ3n) is 7.68. The van der Waals surface area contributed by atoms with Crippen molar-refractivity contribution in [3.05, 3.63) is 101 Å². The van der Waals surface area contributed by atoms with Crippen LogP contribution in [0.3, 0.4) is 0 Å². The zero-order valence-corrected chi connectivity index (χ0v) is 22.1. The zero-order chi connectivity index (χ0) is 27.3. The van der Waals surface area contributed by atoms with Crippen molar-refractivity contribution in [1.82, 2.24) is 4.90 Å². The number of fused-ring (bicyclic) bond motifs is 2. The molecule has 2 saturated heterocycles. The van der Waals surface area contributed by atoms with E-state index in [1.54, 1.807) is 43.3 Å². The number of benzene rings is 3. The number of amides is 2. The number of carbonyl (C=O) groups excluding carboxylic acids is 2. The second kappa shape index (κ2) is 9.83. The first-order chi connectivity index (χ1) is 18.7. The van der Waals surface area contributed by atoms with Crippen molar-refractivity contribution in [2.45, 2.75) is 51.5 Å². The van der Waals surface area contributed by atoms with E-state index >= 15 is 0 Å². The molecule has 7 heteroatoms. The van der Waals surface area contributed by atoms with E-state index in [9.17, 15) is 14.0 Å². The van der Waals surface area contributed by atoms with Gasteiger partial charge in [-0.2, -0.15) is 0 Å². The zero-order valence-electron chi connectivity index (χ0n) is 22.1. The van der Waals surface area contributed by atoms with E-state index < -0.39 is 12.1 Å². The Morgan fingerprint density at radius 1 is 0.923 bits per heavy atom. The van der Waals surface area contributed by atoms with Gasteiger partial charge >= 0.3 is 0 Å². The van der Waals surface area contributed by atoms with Gasteiger partial charge in [-0.05, 0) is 67.6 Å². The molecule has 0 N–H and O–H groups in total. The summed E-state index contributed by atoms with van der Waals surface area (Å²) < 4.78 is 32.4. The molecule has 3 aliphatic heterocycles. The molecule has 3 aromatic carbocycles. The summed E-state index contributed by atoms with van der Waals surface area (Å²) in [5.74, 6) is -1.65. The van der Waals surface area contributed by atoms with Gasteiger partial charge in [0.1, 0.15) is 11.9 Å². The average molecular weight is 528 g/mol. The predicted molar refractivity (Wildman–Crippen MR) is 144 cm³/mol. The van der Waals surface area contributed by atoms with Crippen molar-refractivity contribution in [2.24, 2.45) is 5.92 Å². The maximum Gasteiger partial charge on any atom is 0.261 e. The van der Waals surface area contributed by atoms with Crippen LogP contribution in [0.2, 0.25) is 0 Å². The number of aryl methyl sites for hydroxylation is 1. The molecule has 39 heavy (non-hydrogen) atoms. The lowest BCUT2D eigenvalue weighted by molar-refractivity contribution is -0.205. The summed E-state index contributed by atoms with van der Waals surface area (Å²) in [5, 5.41) is 0. The second-order valence-corrected chi connectivity index (χ2v) is 10.8. The first-order valence-corrected chi connectivity index (χ1v) is 13.2. The van der Waals surface area contributed by atoms with Gasteiger partial charge in [0.15, 0.2) is 12.1 Å². The molecule has 3 heterocycles. The lowest BCUT2D eigenvalue weighted by Gasteiger charge is -2.25. The molecule has 0 spiro atoms. The monoisotopic (exact) mass is 527 g/mol. The van der Waals surface area contributed by atoms with Gasteiger partial charge in [0, 0.05) is 12.5 Å². The van der Waals surface area contributed by atoms with Crippen molar-refractivity contribution in [2.75, 3.05) is 6.54 Å². The molecule has 2 amide bonds. The minimum Gasteiger partial charge on any atom is -0.342 e. The lowest BCUT2D eigenvalue weighted by Crippen LogP contribution is -2.36. The Hall–Kier alpha value is -3.65. The third-order valence-corrected chi connectivity index (χ3v) is 7.68. The molecule has 3 aliphatic rings. The summed E-state index contributed by atoms with van der Waals surface area (Å²) in [6.45, 7) is 5.71. The van der Waals surface area contributed by atoms with Crippen LogP contribution in [-0.2, 0) is 14.2 Å². The Morgan fingerprint density at radius 2 is 1.59 bits per heavy atom. The summed E-state index contributed by atoms with van der Waals surface area (Å²) in [6, 6.07) is 20.0. The summed E-state index contributed by atoms with van der Waals surface area (Å²) in [6.07, 6.45) is 3.30. The van der Waals surface area contributed by atoms with Crippen LogP contribution in [0, 0.1) is 18.7 Å². The van der Waals surface area contributed by atoms with Crippen molar-refractivity contribution < 1.29 is 28.2 Å². The maximum absolute atomic E-state index is 14.0. The number of hydrogen-bond acceptors (Lipinski definition) is 5. The minimum absolute atomic E-state index is 0.118. The van der Waals surface area contributed by atoms with Crippen molar-refractivity contribution in [3.63, 3.8) is 0 Å². The van der Waals surface area contributed by atoms with Gasteiger partial charge in [-0.15, -0.1) is 0 Å². The van der Waals surface area contributed by atoms with Crippen LogP contribution in [0.5, 0.6) is 0 Å². The number of imide groups is 1. The van der Waals surface area contributed by atoms with Crippen molar-refractivity contribution in [3.8, 4) is 11.1 Å². The van der Waals surface area contributed by atoms with Gasteiger partial charge in [0.2, 0.25) is 0 Å². The molecule has 2 fully saturated rings. The van der Waals surface area contributed by atoms with Gasteiger partial charge in [0.05, 0.1) is 17.2 Å². The smallest absolute Gasteiger partial charge is 0.261 e. The van der Waals surface area contributed by atoms with E-state index in [-0.39, 0.29) is 42.3 Å².